The van der Waals surface area contributed by atoms with E-state index in [1.165, 1.54) is 23.1 Å². The fourth-order valence-corrected chi connectivity index (χ4v) is 1.65. The van der Waals surface area contributed by atoms with Crippen LogP contribution in [0.4, 0.5) is 16.2 Å². The Morgan fingerprint density at radius 1 is 1.50 bits per heavy atom. The predicted octanol–water partition coefficient (Wildman–Crippen LogP) is 0.497. The molecule has 0 atom stereocenters. The minimum atomic E-state index is -1.07. The molecule has 1 saturated heterocycles. The molecule has 1 aromatic carbocycles. The third-order valence-corrected chi connectivity index (χ3v) is 2.40. The van der Waals surface area contributed by atoms with Crippen LogP contribution in [0.3, 0.4) is 0 Å². The van der Waals surface area contributed by atoms with Crippen LogP contribution in [0.25, 0.3) is 0 Å². The molecular formula is C10H11N3O3. The number of nitrogens with two attached hydrogens (primary N) is 1. The molecule has 1 aliphatic heterocycles. The van der Waals surface area contributed by atoms with Crippen LogP contribution in [0.1, 0.15) is 10.4 Å². The third kappa shape index (κ3) is 1.65. The van der Waals surface area contributed by atoms with Crippen molar-refractivity contribution in [3.05, 3.63) is 23.8 Å². The molecular weight excluding hydrogens is 210 g/mol. The molecule has 1 fully saturated rings. The maximum absolute atomic E-state index is 11.4. The van der Waals surface area contributed by atoms with Crippen molar-refractivity contribution < 1.29 is 14.7 Å². The van der Waals surface area contributed by atoms with Crippen molar-refractivity contribution in [1.82, 2.24) is 5.32 Å². The summed E-state index contributed by atoms with van der Waals surface area (Å²) in [6, 6.07) is 4.10. The second-order valence-electron chi connectivity index (χ2n) is 3.47. The van der Waals surface area contributed by atoms with Gasteiger partial charge in [-0.1, -0.05) is 0 Å². The van der Waals surface area contributed by atoms with E-state index >= 15 is 0 Å². The van der Waals surface area contributed by atoms with Crippen molar-refractivity contribution in [3.63, 3.8) is 0 Å². The summed E-state index contributed by atoms with van der Waals surface area (Å²) in [5.74, 6) is -1.07. The summed E-state index contributed by atoms with van der Waals surface area (Å²) in [6.45, 7) is 0.954. The van der Waals surface area contributed by atoms with Gasteiger partial charge in [0.15, 0.2) is 0 Å². The Morgan fingerprint density at radius 3 is 2.81 bits per heavy atom. The van der Waals surface area contributed by atoms with Crippen LogP contribution in [-0.2, 0) is 0 Å². The molecule has 1 heterocycles. The third-order valence-electron chi connectivity index (χ3n) is 2.40. The SMILES string of the molecule is Nc1ccc(C(=O)O)c(N2CCNC2=O)c1. The van der Waals surface area contributed by atoms with E-state index in [2.05, 4.69) is 5.32 Å². The molecule has 6 nitrogen and oxygen atoms in total. The Balaban J connectivity index is 2.48. The van der Waals surface area contributed by atoms with Gasteiger partial charge in [0.05, 0.1) is 11.3 Å². The summed E-state index contributed by atoms with van der Waals surface area (Å²) in [5.41, 5.74) is 6.43. The van der Waals surface area contributed by atoms with E-state index in [-0.39, 0.29) is 11.6 Å². The van der Waals surface area contributed by atoms with Gasteiger partial charge in [0.25, 0.3) is 0 Å². The smallest absolute Gasteiger partial charge is 0.337 e. The first kappa shape index (κ1) is 10.3. The summed E-state index contributed by atoms with van der Waals surface area (Å²) in [5, 5.41) is 11.6. The van der Waals surface area contributed by atoms with Crippen molar-refractivity contribution in [1.29, 1.82) is 0 Å². The normalized spacial score (nSPS) is 15.0. The zero-order valence-corrected chi connectivity index (χ0v) is 8.43. The molecule has 84 valence electrons. The number of nitrogen functional groups attached to an aromatic ring is 1. The topological polar surface area (TPSA) is 95.7 Å². The van der Waals surface area contributed by atoms with Gasteiger partial charge in [0.1, 0.15) is 0 Å². The second-order valence-corrected chi connectivity index (χ2v) is 3.47. The summed E-state index contributed by atoms with van der Waals surface area (Å²) in [6.07, 6.45) is 0. The first-order chi connectivity index (χ1) is 7.59. The minimum absolute atomic E-state index is 0.0752. The molecule has 1 aliphatic rings. The highest BCUT2D eigenvalue weighted by Gasteiger charge is 2.25. The number of hydrogen-bond acceptors (Lipinski definition) is 3. The Labute approximate surface area is 91.7 Å². The van der Waals surface area contributed by atoms with Crippen LogP contribution in [-0.4, -0.2) is 30.2 Å². The average molecular weight is 221 g/mol. The Kier molecular flexibility index (Phi) is 2.40. The van der Waals surface area contributed by atoms with E-state index in [1.54, 1.807) is 0 Å². The molecule has 0 unspecified atom stereocenters. The lowest BCUT2D eigenvalue weighted by molar-refractivity contribution is 0.0698. The van der Waals surface area contributed by atoms with Gasteiger partial charge in [-0.15, -0.1) is 0 Å². The molecule has 0 radical (unpaired) electrons. The summed E-state index contributed by atoms with van der Waals surface area (Å²) in [4.78, 5) is 23.8. The average Bonchev–Trinajstić information content (AvgIpc) is 2.63. The number of rotatable bonds is 2. The van der Waals surface area contributed by atoms with Gasteiger partial charge in [-0.25, -0.2) is 9.59 Å². The summed E-state index contributed by atoms with van der Waals surface area (Å²) in [7, 11) is 0. The molecule has 0 spiro atoms. The molecule has 0 saturated carbocycles. The maximum atomic E-state index is 11.4. The number of carbonyl (C=O) groups is 2. The van der Waals surface area contributed by atoms with Crippen molar-refractivity contribution in [2.75, 3.05) is 23.7 Å². The number of anilines is 2. The zero-order chi connectivity index (χ0) is 11.7. The van der Waals surface area contributed by atoms with E-state index in [4.69, 9.17) is 10.8 Å². The van der Waals surface area contributed by atoms with Crippen LogP contribution in [0, 0.1) is 0 Å². The molecule has 1 aromatic rings. The predicted molar refractivity (Wildman–Crippen MR) is 58.6 cm³/mol. The maximum Gasteiger partial charge on any atom is 0.337 e. The van der Waals surface area contributed by atoms with Crippen LogP contribution in [0.2, 0.25) is 0 Å². The molecule has 0 aliphatic carbocycles. The first-order valence-corrected chi connectivity index (χ1v) is 4.78. The number of carboxylic acids is 1. The number of amides is 2. The largest absolute Gasteiger partial charge is 0.478 e. The van der Waals surface area contributed by atoms with Crippen molar-refractivity contribution >= 4 is 23.4 Å². The fourth-order valence-electron chi connectivity index (χ4n) is 1.65. The number of carboxylic acid groups (broad SMARTS) is 1. The van der Waals surface area contributed by atoms with Gasteiger partial charge in [-0.05, 0) is 18.2 Å². The van der Waals surface area contributed by atoms with E-state index < -0.39 is 5.97 Å². The van der Waals surface area contributed by atoms with Gasteiger partial charge >= 0.3 is 12.0 Å². The molecule has 4 N–H and O–H groups in total. The van der Waals surface area contributed by atoms with Gasteiger partial charge in [-0.3, -0.25) is 4.90 Å². The van der Waals surface area contributed by atoms with Crippen molar-refractivity contribution in [3.8, 4) is 0 Å². The molecule has 2 rings (SSSR count). The Morgan fingerprint density at radius 2 is 2.25 bits per heavy atom. The van der Waals surface area contributed by atoms with Gasteiger partial charge in [0, 0.05) is 18.8 Å². The van der Waals surface area contributed by atoms with Crippen LogP contribution in [0.15, 0.2) is 18.2 Å². The number of benzene rings is 1. The van der Waals surface area contributed by atoms with E-state index in [0.29, 0.717) is 24.5 Å². The van der Waals surface area contributed by atoms with E-state index in [1.807, 2.05) is 0 Å². The van der Waals surface area contributed by atoms with E-state index in [9.17, 15) is 9.59 Å². The number of carbonyl (C=O) groups excluding carboxylic acids is 1. The summed E-state index contributed by atoms with van der Waals surface area (Å²) >= 11 is 0. The fraction of sp³-hybridized carbons (Fsp3) is 0.200. The number of nitrogens with one attached hydrogen (secondary N) is 1. The van der Waals surface area contributed by atoms with Crippen LogP contribution < -0.4 is 16.0 Å². The van der Waals surface area contributed by atoms with Gasteiger partial charge in [-0.2, -0.15) is 0 Å². The number of hydrogen-bond donors (Lipinski definition) is 3. The number of aromatic carboxylic acids is 1. The molecule has 2 amide bonds. The van der Waals surface area contributed by atoms with E-state index in [0.717, 1.165) is 0 Å². The standard InChI is InChI=1S/C10H11N3O3/c11-6-1-2-7(9(14)15)8(5-6)13-4-3-12-10(13)16/h1-2,5H,3-4,11H2,(H,12,16)(H,14,15). The lowest BCUT2D eigenvalue weighted by Gasteiger charge is -2.17. The highest BCUT2D eigenvalue weighted by molar-refractivity contribution is 6.03. The number of urea groups is 1. The highest BCUT2D eigenvalue weighted by Crippen LogP contribution is 2.24. The second kappa shape index (κ2) is 3.73. The van der Waals surface area contributed by atoms with Crippen molar-refractivity contribution in [2.45, 2.75) is 0 Å². The zero-order valence-electron chi connectivity index (χ0n) is 8.43. The Bertz CT molecular complexity index is 459. The Hall–Kier alpha value is -2.24. The van der Waals surface area contributed by atoms with Gasteiger partial charge < -0.3 is 16.2 Å². The molecule has 6 heteroatoms. The minimum Gasteiger partial charge on any atom is -0.478 e. The quantitative estimate of drug-likeness (QED) is 0.633. The summed E-state index contributed by atoms with van der Waals surface area (Å²) < 4.78 is 0. The lowest BCUT2D eigenvalue weighted by atomic mass is 10.1. The van der Waals surface area contributed by atoms with Gasteiger partial charge in [0.2, 0.25) is 0 Å². The monoisotopic (exact) mass is 221 g/mol. The van der Waals surface area contributed by atoms with Crippen LogP contribution >= 0.6 is 0 Å². The van der Waals surface area contributed by atoms with Crippen LogP contribution in [0.5, 0.6) is 0 Å². The molecule has 16 heavy (non-hydrogen) atoms. The molecule has 0 bridgehead atoms. The highest BCUT2D eigenvalue weighted by atomic mass is 16.4. The lowest BCUT2D eigenvalue weighted by Crippen LogP contribution is -2.29. The molecule has 0 aromatic heterocycles. The number of nitrogens with zero attached hydrogens (tertiary/aromatic N) is 1. The first-order valence-electron chi connectivity index (χ1n) is 4.78. The van der Waals surface area contributed by atoms with Crippen molar-refractivity contribution in [2.24, 2.45) is 0 Å².